The lowest BCUT2D eigenvalue weighted by Gasteiger charge is -2.19. The van der Waals surface area contributed by atoms with Gasteiger partial charge in [0, 0.05) is 6.08 Å². The van der Waals surface area contributed by atoms with Gasteiger partial charge in [-0.15, -0.1) is 0 Å². The van der Waals surface area contributed by atoms with Crippen molar-refractivity contribution in [2.45, 2.75) is 26.5 Å². The third kappa shape index (κ3) is 5.98. The number of ether oxygens (including phenoxy) is 2. The fourth-order valence-electron chi connectivity index (χ4n) is 3.78. The number of nitrogens with one attached hydrogen (secondary N) is 1. The standard InChI is InChI=1S/C29H28N2O4/c1-20-25(21(2)35-31-20)19-34-26-16-14-22(18-27(26)33-3)15-17-28(32)30-29(23-10-6-4-7-11-23)24-12-8-5-9-13-24/h4-18,29H,19H2,1-3H3,(H,30,32)/b17-15+. The van der Waals surface area contributed by atoms with Crippen LogP contribution in [-0.2, 0) is 11.4 Å². The molecule has 4 rings (SSSR count). The van der Waals surface area contributed by atoms with Gasteiger partial charge in [-0.25, -0.2) is 0 Å². The summed E-state index contributed by atoms with van der Waals surface area (Å²) in [7, 11) is 1.59. The first-order chi connectivity index (χ1) is 17.0. The van der Waals surface area contributed by atoms with E-state index in [1.54, 1.807) is 13.2 Å². The van der Waals surface area contributed by atoms with Gasteiger partial charge in [0.05, 0.1) is 24.4 Å². The van der Waals surface area contributed by atoms with E-state index in [4.69, 9.17) is 14.0 Å². The van der Waals surface area contributed by atoms with Crippen LogP contribution in [0.25, 0.3) is 6.08 Å². The maximum atomic E-state index is 12.8. The Morgan fingerprint density at radius 2 is 1.63 bits per heavy atom. The molecule has 0 aliphatic heterocycles. The first-order valence-electron chi connectivity index (χ1n) is 11.4. The van der Waals surface area contributed by atoms with E-state index >= 15 is 0 Å². The van der Waals surface area contributed by atoms with E-state index in [1.807, 2.05) is 92.7 Å². The zero-order valence-electron chi connectivity index (χ0n) is 20.0. The second-order valence-electron chi connectivity index (χ2n) is 8.10. The van der Waals surface area contributed by atoms with Gasteiger partial charge in [-0.1, -0.05) is 71.9 Å². The maximum Gasteiger partial charge on any atom is 0.244 e. The molecule has 0 aliphatic carbocycles. The third-order valence-electron chi connectivity index (χ3n) is 5.72. The van der Waals surface area contributed by atoms with Crippen molar-refractivity contribution >= 4 is 12.0 Å². The normalized spacial score (nSPS) is 11.1. The highest BCUT2D eigenvalue weighted by Gasteiger charge is 2.15. The van der Waals surface area contributed by atoms with Crippen molar-refractivity contribution < 1.29 is 18.8 Å². The lowest BCUT2D eigenvalue weighted by molar-refractivity contribution is -0.116. The predicted octanol–water partition coefficient (Wildman–Crippen LogP) is 5.80. The van der Waals surface area contributed by atoms with E-state index in [0.717, 1.165) is 33.7 Å². The molecule has 0 atom stereocenters. The molecule has 0 fully saturated rings. The Labute approximate surface area is 205 Å². The Bertz CT molecular complexity index is 1240. The minimum absolute atomic E-state index is 0.194. The van der Waals surface area contributed by atoms with Crippen molar-refractivity contribution in [1.82, 2.24) is 10.5 Å². The Morgan fingerprint density at radius 3 is 2.20 bits per heavy atom. The Hall–Kier alpha value is -4.32. The second kappa shape index (κ2) is 11.2. The molecule has 0 bridgehead atoms. The molecule has 0 unspecified atom stereocenters. The van der Waals surface area contributed by atoms with Crippen LogP contribution in [0.3, 0.4) is 0 Å². The lowest BCUT2D eigenvalue weighted by atomic mass is 9.98. The van der Waals surface area contributed by atoms with Gasteiger partial charge in [0.1, 0.15) is 12.4 Å². The van der Waals surface area contributed by atoms with Gasteiger partial charge in [0.25, 0.3) is 0 Å². The largest absolute Gasteiger partial charge is 0.493 e. The zero-order chi connectivity index (χ0) is 24.6. The van der Waals surface area contributed by atoms with Gasteiger partial charge in [0.15, 0.2) is 11.5 Å². The van der Waals surface area contributed by atoms with Gasteiger partial charge in [0.2, 0.25) is 5.91 Å². The summed E-state index contributed by atoms with van der Waals surface area (Å²) in [6.07, 6.45) is 3.28. The molecule has 0 saturated carbocycles. The molecule has 3 aromatic carbocycles. The summed E-state index contributed by atoms with van der Waals surface area (Å²) in [5.74, 6) is 1.71. The molecule has 4 aromatic rings. The molecule has 6 nitrogen and oxygen atoms in total. The number of hydrogen-bond acceptors (Lipinski definition) is 5. The van der Waals surface area contributed by atoms with Gasteiger partial charge < -0.3 is 19.3 Å². The first kappa shape index (κ1) is 23.8. The number of methoxy groups -OCH3 is 1. The highest BCUT2D eigenvalue weighted by molar-refractivity contribution is 5.92. The summed E-state index contributed by atoms with van der Waals surface area (Å²) >= 11 is 0. The molecule has 0 radical (unpaired) electrons. The number of aryl methyl sites for hydroxylation is 2. The first-order valence-corrected chi connectivity index (χ1v) is 11.4. The van der Waals surface area contributed by atoms with Gasteiger partial charge in [-0.2, -0.15) is 0 Å². The van der Waals surface area contributed by atoms with E-state index in [2.05, 4.69) is 10.5 Å². The fourth-order valence-corrected chi connectivity index (χ4v) is 3.78. The Kier molecular flexibility index (Phi) is 7.63. The van der Waals surface area contributed by atoms with Gasteiger partial charge >= 0.3 is 0 Å². The number of amides is 1. The van der Waals surface area contributed by atoms with Gasteiger partial charge in [-0.3, -0.25) is 4.79 Å². The highest BCUT2D eigenvalue weighted by atomic mass is 16.5. The molecule has 0 saturated heterocycles. The molecule has 1 N–H and O–H groups in total. The number of rotatable bonds is 9. The summed E-state index contributed by atoms with van der Waals surface area (Å²) in [5.41, 5.74) is 4.57. The van der Waals surface area contributed by atoms with Crippen LogP contribution in [0, 0.1) is 13.8 Å². The molecule has 1 aromatic heterocycles. The average Bonchev–Trinajstić information content (AvgIpc) is 3.22. The number of aromatic nitrogens is 1. The molecule has 0 aliphatic rings. The van der Waals surface area contributed by atoms with E-state index in [1.165, 1.54) is 6.08 Å². The number of benzene rings is 3. The molecule has 6 heteroatoms. The molecule has 1 heterocycles. The number of hydrogen-bond donors (Lipinski definition) is 1. The second-order valence-corrected chi connectivity index (χ2v) is 8.10. The molecule has 1 amide bonds. The van der Waals surface area contributed by atoms with Crippen LogP contribution in [-0.4, -0.2) is 18.2 Å². The van der Waals surface area contributed by atoms with Crippen molar-refractivity contribution in [3.8, 4) is 11.5 Å². The van der Waals surface area contributed by atoms with E-state index in [9.17, 15) is 4.79 Å². The van der Waals surface area contributed by atoms with E-state index in [0.29, 0.717) is 18.1 Å². The summed E-state index contributed by atoms with van der Waals surface area (Å²) in [6.45, 7) is 4.07. The van der Waals surface area contributed by atoms with Crippen LogP contribution < -0.4 is 14.8 Å². The number of nitrogens with zero attached hydrogens (tertiary/aromatic N) is 1. The lowest BCUT2D eigenvalue weighted by Crippen LogP contribution is -2.27. The Balaban J connectivity index is 1.46. The smallest absolute Gasteiger partial charge is 0.244 e. The molecular weight excluding hydrogens is 440 g/mol. The van der Waals surface area contributed by atoms with E-state index in [-0.39, 0.29) is 11.9 Å². The summed E-state index contributed by atoms with van der Waals surface area (Å²) in [4.78, 5) is 12.8. The van der Waals surface area contributed by atoms with Gasteiger partial charge in [-0.05, 0) is 48.7 Å². The van der Waals surface area contributed by atoms with Crippen LogP contribution in [0.5, 0.6) is 11.5 Å². The molecular formula is C29H28N2O4. The molecule has 35 heavy (non-hydrogen) atoms. The van der Waals surface area contributed by atoms with Crippen molar-refractivity contribution in [3.05, 3.63) is 119 Å². The maximum absolute atomic E-state index is 12.8. The Morgan fingerprint density at radius 1 is 0.971 bits per heavy atom. The highest BCUT2D eigenvalue weighted by Crippen LogP contribution is 2.30. The van der Waals surface area contributed by atoms with Crippen molar-refractivity contribution in [3.63, 3.8) is 0 Å². The van der Waals surface area contributed by atoms with E-state index < -0.39 is 0 Å². The minimum Gasteiger partial charge on any atom is -0.493 e. The topological polar surface area (TPSA) is 73.6 Å². The molecule has 0 spiro atoms. The number of carbonyl (C=O) groups is 1. The molecule has 178 valence electrons. The zero-order valence-corrected chi connectivity index (χ0v) is 20.0. The van der Waals surface area contributed by atoms with Crippen LogP contribution in [0.1, 0.15) is 39.7 Å². The number of carbonyl (C=O) groups excluding carboxylic acids is 1. The minimum atomic E-state index is -0.246. The van der Waals surface area contributed by atoms with Crippen LogP contribution in [0.4, 0.5) is 0 Å². The van der Waals surface area contributed by atoms with Crippen molar-refractivity contribution in [2.75, 3.05) is 7.11 Å². The quantitative estimate of drug-likeness (QED) is 0.314. The van der Waals surface area contributed by atoms with Crippen LogP contribution in [0.2, 0.25) is 0 Å². The summed E-state index contributed by atoms with van der Waals surface area (Å²) < 4.78 is 16.6. The average molecular weight is 469 g/mol. The van der Waals surface area contributed by atoms with Crippen LogP contribution in [0.15, 0.2) is 89.5 Å². The predicted molar refractivity (Wildman–Crippen MR) is 135 cm³/mol. The summed E-state index contributed by atoms with van der Waals surface area (Å²) in [5, 5.41) is 7.06. The third-order valence-corrected chi connectivity index (χ3v) is 5.72. The fraction of sp³-hybridized carbons (Fsp3) is 0.172. The summed E-state index contributed by atoms with van der Waals surface area (Å²) in [6, 6.07) is 25.1. The van der Waals surface area contributed by atoms with Crippen molar-refractivity contribution in [1.29, 1.82) is 0 Å². The monoisotopic (exact) mass is 468 g/mol. The van der Waals surface area contributed by atoms with Crippen LogP contribution >= 0.6 is 0 Å². The van der Waals surface area contributed by atoms with Crippen molar-refractivity contribution in [2.24, 2.45) is 0 Å². The SMILES string of the molecule is COc1cc(/C=C/C(=O)NC(c2ccccc2)c2ccccc2)ccc1OCc1c(C)noc1C.